The maximum absolute atomic E-state index is 12.3. The van der Waals surface area contributed by atoms with Crippen LogP contribution in [0.2, 0.25) is 0 Å². The van der Waals surface area contributed by atoms with Gasteiger partial charge in [-0.1, -0.05) is 30.3 Å². The summed E-state index contributed by atoms with van der Waals surface area (Å²) >= 11 is 0. The summed E-state index contributed by atoms with van der Waals surface area (Å²) in [6.45, 7) is 7.90. The van der Waals surface area contributed by atoms with E-state index in [9.17, 15) is 9.59 Å². The summed E-state index contributed by atoms with van der Waals surface area (Å²) in [6.07, 6.45) is 0.354. The monoisotopic (exact) mass is 391 g/mol. The molecule has 1 amide bonds. The van der Waals surface area contributed by atoms with Gasteiger partial charge in [0.15, 0.2) is 0 Å². The third-order valence-corrected chi connectivity index (χ3v) is 3.72. The second kappa shape index (κ2) is 9.57. The second-order valence-corrected chi connectivity index (χ2v) is 7.75. The van der Waals surface area contributed by atoms with E-state index < -0.39 is 17.8 Å². The van der Waals surface area contributed by atoms with Crippen LogP contribution in [0.4, 0.5) is 9.59 Å². The summed E-state index contributed by atoms with van der Waals surface area (Å²) in [5.74, 6) is 0. The van der Waals surface area contributed by atoms with Gasteiger partial charge < -0.3 is 24.8 Å². The minimum atomic E-state index is -1.03. The fraction of sp³-hybridized carbons (Fsp3) is 0.500. The van der Waals surface area contributed by atoms with Gasteiger partial charge in [-0.15, -0.1) is 0 Å². The van der Waals surface area contributed by atoms with Crippen molar-refractivity contribution in [3.63, 3.8) is 0 Å². The van der Waals surface area contributed by atoms with Crippen LogP contribution < -0.4 is 5.73 Å². The molecule has 0 saturated carbocycles. The first-order chi connectivity index (χ1) is 13.1. The van der Waals surface area contributed by atoms with Gasteiger partial charge in [0.2, 0.25) is 0 Å². The second-order valence-electron chi connectivity index (χ2n) is 7.75. The molecule has 154 valence electrons. The van der Waals surface area contributed by atoms with Crippen molar-refractivity contribution in [2.75, 3.05) is 13.4 Å². The number of amides is 1. The summed E-state index contributed by atoms with van der Waals surface area (Å²) in [4.78, 5) is 27.2. The Labute approximate surface area is 165 Å². The number of hydrogen-bond donors (Lipinski definition) is 1. The van der Waals surface area contributed by atoms with Crippen molar-refractivity contribution in [2.24, 2.45) is 5.73 Å². The van der Waals surface area contributed by atoms with Gasteiger partial charge in [0.05, 0.1) is 6.61 Å². The van der Waals surface area contributed by atoms with Crippen LogP contribution in [0.15, 0.2) is 42.2 Å². The molecule has 2 N–H and O–H groups in total. The Hall–Kier alpha value is -2.58. The molecule has 0 radical (unpaired) electrons. The van der Waals surface area contributed by atoms with Crippen molar-refractivity contribution in [2.45, 2.75) is 52.4 Å². The van der Waals surface area contributed by atoms with E-state index in [2.05, 4.69) is 0 Å². The Morgan fingerprint density at radius 3 is 2.50 bits per heavy atom. The van der Waals surface area contributed by atoms with Crippen molar-refractivity contribution < 1.29 is 23.8 Å². The summed E-state index contributed by atoms with van der Waals surface area (Å²) in [7, 11) is 0. The molecule has 0 aliphatic carbocycles. The van der Waals surface area contributed by atoms with Crippen molar-refractivity contribution >= 4 is 12.2 Å². The lowest BCUT2D eigenvalue weighted by Crippen LogP contribution is -2.35. The Balaban J connectivity index is 1.92. The van der Waals surface area contributed by atoms with Crippen LogP contribution in [0.5, 0.6) is 0 Å². The van der Waals surface area contributed by atoms with Crippen LogP contribution >= 0.6 is 0 Å². The molecule has 1 aromatic carbocycles. The largest absolute Gasteiger partial charge is 0.517 e. The van der Waals surface area contributed by atoms with Crippen molar-refractivity contribution in [1.82, 2.24) is 9.80 Å². The molecule has 2 rings (SSSR count). The molecule has 0 unspecified atom stereocenters. The number of nitrogens with zero attached hydrogens (tertiary/aromatic N) is 2. The zero-order valence-corrected chi connectivity index (χ0v) is 16.9. The van der Waals surface area contributed by atoms with Crippen LogP contribution in [-0.2, 0) is 20.8 Å². The van der Waals surface area contributed by atoms with Gasteiger partial charge in [0.1, 0.15) is 19.0 Å². The van der Waals surface area contributed by atoms with E-state index in [1.54, 1.807) is 27.0 Å². The summed E-state index contributed by atoms with van der Waals surface area (Å²) < 4.78 is 15.5. The first kappa shape index (κ1) is 21.7. The minimum absolute atomic E-state index is 0.0929. The fourth-order valence-corrected chi connectivity index (χ4v) is 2.57. The average molecular weight is 391 g/mol. The van der Waals surface area contributed by atoms with Crippen LogP contribution in [0, 0.1) is 0 Å². The van der Waals surface area contributed by atoms with Crippen LogP contribution in [0.1, 0.15) is 39.7 Å². The molecular weight excluding hydrogens is 362 g/mol. The number of hydrogen-bond acceptors (Lipinski definition) is 7. The predicted molar refractivity (Wildman–Crippen MR) is 104 cm³/mol. The number of nitrogens with two attached hydrogens (primary N) is 1. The molecule has 0 saturated heterocycles. The molecule has 0 aromatic heterocycles. The van der Waals surface area contributed by atoms with Gasteiger partial charge in [-0.3, -0.25) is 4.90 Å². The molecule has 1 heterocycles. The number of rotatable bonds is 6. The normalized spacial score (nSPS) is 15.2. The van der Waals surface area contributed by atoms with Crippen LogP contribution in [-0.4, -0.2) is 47.1 Å². The third-order valence-electron chi connectivity index (χ3n) is 3.72. The highest BCUT2D eigenvalue weighted by Crippen LogP contribution is 2.21. The maximum Gasteiger partial charge on any atom is 0.517 e. The highest BCUT2D eigenvalue weighted by Gasteiger charge is 2.29. The van der Waals surface area contributed by atoms with Crippen molar-refractivity contribution in [3.05, 3.63) is 47.8 Å². The number of ether oxygens (including phenoxy) is 3. The van der Waals surface area contributed by atoms with Gasteiger partial charge in [-0.05, 0) is 33.3 Å². The lowest BCUT2D eigenvalue weighted by atomic mass is 10.2. The molecule has 1 aromatic rings. The molecule has 0 spiro atoms. The third kappa shape index (κ3) is 7.21. The molecule has 0 bridgehead atoms. The van der Waals surface area contributed by atoms with E-state index in [4.69, 9.17) is 19.9 Å². The van der Waals surface area contributed by atoms with Crippen molar-refractivity contribution in [3.8, 4) is 0 Å². The first-order valence-corrected chi connectivity index (χ1v) is 9.18. The molecule has 1 aliphatic rings. The summed E-state index contributed by atoms with van der Waals surface area (Å²) in [5, 5.41) is 0. The van der Waals surface area contributed by atoms with Gasteiger partial charge in [0, 0.05) is 24.4 Å². The van der Waals surface area contributed by atoms with Crippen LogP contribution in [0.25, 0.3) is 0 Å². The van der Waals surface area contributed by atoms with Gasteiger partial charge >= 0.3 is 12.2 Å². The van der Waals surface area contributed by atoms with E-state index in [0.29, 0.717) is 13.0 Å². The van der Waals surface area contributed by atoms with Crippen LogP contribution in [0.3, 0.4) is 0 Å². The van der Waals surface area contributed by atoms with Gasteiger partial charge in [0.25, 0.3) is 0 Å². The van der Waals surface area contributed by atoms with E-state index in [1.807, 2.05) is 42.2 Å². The Bertz CT molecular complexity index is 698. The summed E-state index contributed by atoms with van der Waals surface area (Å²) in [5.41, 5.74) is 7.06. The fourth-order valence-electron chi connectivity index (χ4n) is 2.57. The first-order valence-electron chi connectivity index (χ1n) is 9.18. The highest BCUT2D eigenvalue weighted by molar-refractivity contribution is 5.81. The number of carbonyl (C=O) groups is 2. The van der Waals surface area contributed by atoms with E-state index in [0.717, 1.165) is 11.3 Å². The quantitative estimate of drug-likeness (QED) is 0.587. The average Bonchev–Trinajstić information content (AvgIpc) is 2.96. The molecule has 8 nitrogen and oxygen atoms in total. The van der Waals surface area contributed by atoms with E-state index in [1.165, 1.54) is 4.90 Å². The zero-order valence-electron chi connectivity index (χ0n) is 16.9. The lowest BCUT2D eigenvalue weighted by Gasteiger charge is -2.24. The number of carbonyl (C=O) groups excluding carboxylic acids is 2. The van der Waals surface area contributed by atoms with Gasteiger partial charge in [-0.2, -0.15) is 0 Å². The molecule has 8 heteroatoms. The number of benzene rings is 1. The molecule has 28 heavy (non-hydrogen) atoms. The van der Waals surface area contributed by atoms with E-state index >= 15 is 0 Å². The standard InChI is InChI=1S/C20H29N3O5/c1-15(21)10-17-11-22(18(24)27-19(25)28-20(2,3)4)13-23(17)14-26-12-16-8-6-5-7-9-16/h5-9,11,15H,10,12-14,21H2,1-4H3/t15-/m1/s1. The Morgan fingerprint density at radius 2 is 1.89 bits per heavy atom. The summed E-state index contributed by atoms with van der Waals surface area (Å²) in [6, 6.07) is 9.71. The SMILES string of the molecule is C[C@@H](N)CC1=CN(C(=O)OC(=O)OC(C)(C)C)CN1COCc1ccccc1. The Morgan fingerprint density at radius 1 is 1.21 bits per heavy atom. The van der Waals surface area contributed by atoms with E-state index in [-0.39, 0.29) is 19.4 Å². The molecule has 0 fully saturated rings. The smallest absolute Gasteiger partial charge is 0.428 e. The van der Waals surface area contributed by atoms with Gasteiger partial charge in [-0.25, -0.2) is 9.59 Å². The Kier molecular flexibility index (Phi) is 7.42. The van der Waals surface area contributed by atoms with Crippen molar-refractivity contribution in [1.29, 1.82) is 0 Å². The maximum atomic E-state index is 12.3. The lowest BCUT2D eigenvalue weighted by molar-refractivity contribution is 0.000428. The minimum Gasteiger partial charge on any atom is -0.428 e. The predicted octanol–water partition coefficient (Wildman–Crippen LogP) is 3.39. The molecule has 1 aliphatic heterocycles. The highest BCUT2D eigenvalue weighted by atomic mass is 16.8. The molecule has 1 atom stereocenters. The topological polar surface area (TPSA) is 94.3 Å². The molecular formula is C20H29N3O5. The zero-order chi connectivity index (χ0) is 20.7.